The summed E-state index contributed by atoms with van der Waals surface area (Å²) in [7, 11) is 0. The molecule has 0 bridgehead atoms. The van der Waals surface area contributed by atoms with Gasteiger partial charge in [0, 0.05) is 13.1 Å². The minimum absolute atomic E-state index is 0.168. The predicted octanol–water partition coefficient (Wildman–Crippen LogP) is 0.463. The van der Waals surface area contributed by atoms with E-state index in [4.69, 9.17) is 5.11 Å². The summed E-state index contributed by atoms with van der Waals surface area (Å²) < 4.78 is 0. The molecule has 0 aliphatic carbocycles. The summed E-state index contributed by atoms with van der Waals surface area (Å²) >= 11 is 0. The van der Waals surface area contributed by atoms with Gasteiger partial charge < -0.3 is 21.1 Å². The van der Waals surface area contributed by atoms with Crippen molar-refractivity contribution < 1.29 is 19.5 Å². The number of carbonyl (C=O) groups is 3. The van der Waals surface area contributed by atoms with Crippen LogP contribution in [0.1, 0.15) is 28.8 Å². The van der Waals surface area contributed by atoms with Crippen LogP contribution in [0.5, 0.6) is 0 Å². The van der Waals surface area contributed by atoms with Crippen LogP contribution >= 0.6 is 0 Å². The number of hydrogen-bond acceptors (Lipinski definition) is 3. The van der Waals surface area contributed by atoms with E-state index in [1.54, 1.807) is 12.1 Å². The third-order valence-electron chi connectivity index (χ3n) is 3.22. The normalized spacial score (nSPS) is 17.7. The molecule has 1 unspecified atom stereocenters. The molecule has 0 radical (unpaired) electrons. The summed E-state index contributed by atoms with van der Waals surface area (Å²) in [4.78, 5) is 34.1. The number of piperidine rings is 1. The van der Waals surface area contributed by atoms with Gasteiger partial charge in [0.2, 0.25) is 5.91 Å². The zero-order chi connectivity index (χ0) is 15.2. The van der Waals surface area contributed by atoms with Gasteiger partial charge in [0.05, 0.1) is 5.56 Å². The fourth-order valence-electron chi connectivity index (χ4n) is 2.12. The van der Waals surface area contributed by atoms with E-state index >= 15 is 0 Å². The first-order valence-electron chi connectivity index (χ1n) is 6.70. The van der Waals surface area contributed by atoms with Crippen molar-refractivity contribution in [3.63, 3.8) is 0 Å². The minimum Gasteiger partial charge on any atom is -0.478 e. The molecule has 2 rings (SSSR count). The zero-order valence-corrected chi connectivity index (χ0v) is 11.4. The maximum atomic E-state index is 11.7. The lowest BCUT2D eigenvalue weighted by atomic mass is 10.1. The predicted molar refractivity (Wildman–Crippen MR) is 74.8 cm³/mol. The molecule has 0 saturated carbocycles. The number of urea groups is 1. The van der Waals surface area contributed by atoms with Crippen LogP contribution < -0.4 is 16.0 Å². The molecule has 0 aromatic heterocycles. The summed E-state index contributed by atoms with van der Waals surface area (Å²) in [5.74, 6) is -1.19. The van der Waals surface area contributed by atoms with Crippen molar-refractivity contribution in [3.8, 4) is 0 Å². The van der Waals surface area contributed by atoms with Crippen molar-refractivity contribution in [1.82, 2.24) is 16.0 Å². The van der Waals surface area contributed by atoms with Gasteiger partial charge in [0.1, 0.15) is 6.04 Å². The topological polar surface area (TPSA) is 108 Å². The minimum atomic E-state index is -1.01. The Morgan fingerprint density at radius 1 is 1.38 bits per heavy atom. The summed E-state index contributed by atoms with van der Waals surface area (Å²) in [6, 6.07) is 5.36. The largest absolute Gasteiger partial charge is 0.478 e. The van der Waals surface area contributed by atoms with Crippen molar-refractivity contribution in [2.75, 3.05) is 6.54 Å². The molecule has 1 saturated heterocycles. The lowest BCUT2D eigenvalue weighted by Crippen LogP contribution is -2.52. The highest BCUT2D eigenvalue weighted by molar-refractivity contribution is 5.88. The number of amides is 3. The first-order chi connectivity index (χ1) is 10.1. The lowest BCUT2D eigenvalue weighted by Gasteiger charge is -2.22. The summed E-state index contributed by atoms with van der Waals surface area (Å²) in [6.07, 6.45) is 1.45. The zero-order valence-electron chi connectivity index (χ0n) is 11.4. The van der Waals surface area contributed by atoms with Gasteiger partial charge in [0.25, 0.3) is 0 Å². The Morgan fingerprint density at radius 3 is 2.90 bits per heavy atom. The van der Waals surface area contributed by atoms with Crippen molar-refractivity contribution in [1.29, 1.82) is 0 Å². The van der Waals surface area contributed by atoms with Crippen molar-refractivity contribution in [2.45, 2.75) is 25.4 Å². The monoisotopic (exact) mass is 291 g/mol. The van der Waals surface area contributed by atoms with Crippen LogP contribution in [0.15, 0.2) is 24.3 Å². The number of nitrogens with one attached hydrogen (secondary N) is 3. The SMILES string of the molecule is O=C(NCc1cccc(C(=O)O)c1)NC1CCCNC1=O. The average Bonchev–Trinajstić information content (AvgIpc) is 2.48. The first-order valence-corrected chi connectivity index (χ1v) is 6.70. The summed E-state index contributed by atoms with van der Waals surface area (Å²) in [5.41, 5.74) is 0.847. The van der Waals surface area contributed by atoms with Gasteiger partial charge in [0.15, 0.2) is 0 Å². The van der Waals surface area contributed by atoms with E-state index in [-0.39, 0.29) is 18.0 Å². The van der Waals surface area contributed by atoms with Gasteiger partial charge in [-0.15, -0.1) is 0 Å². The van der Waals surface area contributed by atoms with E-state index < -0.39 is 18.0 Å². The van der Waals surface area contributed by atoms with Crippen LogP contribution in [0.2, 0.25) is 0 Å². The fraction of sp³-hybridized carbons (Fsp3) is 0.357. The number of hydrogen-bond donors (Lipinski definition) is 4. The lowest BCUT2D eigenvalue weighted by molar-refractivity contribution is -0.124. The first kappa shape index (κ1) is 14.8. The Labute approximate surface area is 121 Å². The third-order valence-corrected chi connectivity index (χ3v) is 3.22. The number of aromatic carboxylic acids is 1. The van der Waals surface area contributed by atoms with Crippen LogP contribution in [-0.2, 0) is 11.3 Å². The number of carboxylic acid groups (broad SMARTS) is 1. The van der Waals surface area contributed by atoms with Gasteiger partial charge in [-0.25, -0.2) is 9.59 Å². The molecule has 1 aliphatic heterocycles. The van der Waals surface area contributed by atoms with Crippen LogP contribution in [0.4, 0.5) is 4.79 Å². The standard InChI is InChI=1S/C14H17N3O4/c18-12-11(5-2-6-15-12)17-14(21)16-8-9-3-1-4-10(7-9)13(19)20/h1,3-4,7,11H,2,5-6,8H2,(H,15,18)(H,19,20)(H2,16,17,21). The molecular formula is C14H17N3O4. The number of benzene rings is 1. The molecule has 0 spiro atoms. The van der Waals surface area contributed by atoms with E-state index in [2.05, 4.69) is 16.0 Å². The molecule has 1 aromatic rings. The molecule has 1 fully saturated rings. The molecule has 4 N–H and O–H groups in total. The van der Waals surface area contributed by atoms with Crippen LogP contribution in [0.25, 0.3) is 0 Å². The maximum absolute atomic E-state index is 11.7. The molecular weight excluding hydrogens is 274 g/mol. The Morgan fingerprint density at radius 2 is 2.19 bits per heavy atom. The molecule has 112 valence electrons. The fourth-order valence-corrected chi connectivity index (χ4v) is 2.12. The second-order valence-corrected chi connectivity index (χ2v) is 4.82. The highest BCUT2D eigenvalue weighted by Gasteiger charge is 2.23. The molecule has 1 heterocycles. The third kappa shape index (κ3) is 4.20. The highest BCUT2D eigenvalue weighted by Crippen LogP contribution is 2.05. The van der Waals surface area contributed by atoms with Crippen molar-refractivity contribution in [3.05, 3.63) is 35.4 Å². The van der Waals surface area contributed by atoms with Gasteiger partial charge in [-0.1, -0.05) is 12.1 Å². The van der Waals surface area contributed by atoms with E-state index in [1.807, 2.05) is 0 Å². The number of carboxylic acids is 1. The van der Waals surface area contributed by atoms with E-state index in [1.165, 1.54) is 12.1 Å². The Kier molecular flexibility index (Phi) is 4.76. The van der Waals surface area contributed by atoms with Gasteiger partial charge in [-0.05, 0) is 30.5 Å². The van der Waals surface area contributed by atoms with Crippen LogP contribution in [-0.4, -0.2) is 35.6 Å². The summed E-state index contributed by atoms with van der Waals surface area (Å²) in [6.45, 7) is 0.835. The molecule has 1 atom stereocenters. The Hall–Kier alpha value is -2.57. The van der Waals surface area contributed by atoms with Crippen molar-refractivity contribution >= 4 is 17.9 Å². The van der Waals surface area contributed by atoms with Crippen LogP contribution in [0.3, 0.4) is 0 Å². The quantitative estimate of drug-likeness (QED) is 0.646. The molecule has 7 nitrogen and oxygen atoms in total. The van der Waals surface area contributed by atoms with Gasteiger partial charge in [-0.3, -0.25) is 4.79 Å². The molecule has 3 amide bonds. The molecule has 1 aromatic carbocycles. The average molecular weight is 291 g/mol. The van der Waals surface area contributed by atoms with Crippen molar-refractivity contribution in [2.24, 2.45) is 0 Å². The Balaban J connectivity index is 1.85. The molecule has 1 aliphatic rings. The maximum Gasteiger partial charge on any atom is 0.335 e. The van der Waals surface area contributed by atoms with Crippen LogP contribution in [0, 0.1) is 0 Å². The van der Waals surface area contributed by atoms with Gasteiger partial charge in [-0.2, -0.15) is 0 Å². The van der Waals surface area contributed by atoms with E-state index in [0.717, 1.165) is 6.42 Å². The van der Waals surface area contributed by atoms with E-state index in [9.17, 15) is 14.4 Å². The second kappa shape index (κ2) is 6.74. The van der Waals surface area contributed by atoms with Gasteiger partial charge >= 0.3 is 12.0 Å². The second-order valence-electron chi connectivity index (χ2n) is 4.82. The molecule has 7 heteroatoms. The number of carbonyl (C=O) groups excluding carboxylic acids is 2. The molecule has 21 heavy (non-hydrogen) atoms. The Bertz CT molecular complexity index is 559. The highest BCUT2D eigenvalue weighted by atomic mass is 16.4. The van der Waals surface area contributed by atoms with E-state index in [0.29, 0.717) is 18.5 Å². The number of rotatable bonds is 4. The smallest absolute Gasteiger partial charge is 0.335 e. The summed E-state index contributed by atoms with van der Waals surface area (Å²) in [5, 5.41) is 16.8.